The molecule has 47 heavy (non-hydrogen) atoms. The molecule has 0 radical (unpaired) electrons. The lowest BCUT2D eigenvalue weighted by Crippen LogP contribution is -2.39. The Balaban J connectivity index is 1.63. The van der Waals surface area contributed by atoms with Crippen molar-refractivity contribution in [1.29, 1.82) is 0 Å². The molecule has 0 amide bonds. The van der Waals surface area contributed by atoms with E-state index in [-0.39, 0.29) is 11.2 Å². The average molecular weight is 645 g/mol. The van der Waals surface area contributed by atoms with E-state index >= 15 is 0 Å². The van der Waals surface area contributed by atoms with E-state index < -0.39 is 17.7 Å². The van der Waals surface area contributed by atoms with Gasteiger partial charge in [0, 0.05) is 56.1 Å². The fourth-order valence-corrected chi connectivity index (χ4v) is 7.02. The number of carboxylic acids is 1. The van der Waals surface area contributed by atoms with Crippen LogP contribution in [0.4, 0.5) is 10.1 Å². The molecule has 1 N–H and O–H groups in total. The van der Waals surface area contributed by atoms with Crippen molar-refractivity contribution in [3.8, 4) is 11.1 Å². The van der Waals surface area contributed by atoms with Gasteiger partial charge in [0.2, 0.25) is 0 Å². The molecule has 2 aromatic carbocycles. The zero-order chi connectivity index (χ0) is 34.3. The number of ether oxygens (including phenoxy) is 1. The molecular formula is C39H53FN4O3. The number of rotatable bonds is 9. The quantitative estimate of drug-likeness (QED) is 0.256. The summed E-state index contributed by atoms with van der Waals surface area (Å²) in [7, 11) is 4.09. The Hall–Kier alpha value is -3.33. The van der Waals surface area contributed by atoms with Crippen LogP contribution in [-0.2, 0) is 35.6 Å². The average Bonchev–Trinajstić information content (AvgIpc) is 2.96. The molecule has 1 saturated heterocycles. The second-order valence-electron chi connectivity index (χ2n) is 15.6. The van der Waals surface area contributed by atoms with Gasteiger partial charge in [-0.15, -0.1) is 0 Å². The van der Waals surface area contributed by atoms with Crippen LogP contribution >= 0.6 is 0 Å². The van der Waals surface area contributed by atoms with Crippen molar-refractivity contribution in [2.75, 3.05) is 38.6 Å². The highest BCUT2D eigenvalue weighted by Gasteiger charge is 2.37. The molecule has 3 heterocycles. The number of hydrogen-bond donors (Lipinski definition) is 1. The highest BCUT2D eigenvalue weighted by atomic mass is 19.1. The number of hydrogen-bond acceptors (Lipinski definition) is 6. The van der Waals surface area contributed by atoms with Crippen molar-refractivity contribution in [3.63, 3.8) is 0 Å². The maximum Gasteiger partial charge on any atom is 0.337 e. The molecule has 1 atom stereocenters. The lowest BCUT2D eigenvalue weighted by molar-refractivity contribution is -0.160. The van der Waals surface area contributed by atoms with Crippen LogP contribution in [0.1, 0.15) is 92.8 Å². The van der Waals surface area contributed by atoms with E-state index in [2.05, 4.69) is 46.7 Å². The van der Waals surface area contributed by atoms with E-state index in [0.29, 0.717) is 17.8 Å². The number of aryl methyl sites for hydroxylation is 2. The Bertz CT molecular complexity index is 1620. The maximum absolute atomic E-state index is 13.7. The Kier molecular flexibility index (Phi) is 10.2. The maximum atomic E-state index is 13.7. The van der Waals surface area contributed by atoms with Crippen LogP contribution in [-0.4, -0.2) is 65.2 Å². The van der Waals surface area contributed by atoms with Gasteiger partial charge in [-0.2, -0.15) is 0 Å². The van der Waals surface area contributed by atoms with Crippen LogP contribution < -0.4 is 4.90 Å². The zero-order valence-electron chi connectivity index (χ0n) is 29.8. The predicted octanol–water partition coefficient (Wildman–Crippen LogP) is 7.69. The summed E-state index contributed by atoms with van der Waals surface area (Å²) in [6.45, 7) is 19.1. The predicted molar refractivity (Wildman–Crippen MR) is 187 cm³/mol. The summed E-state index contributed by atoms with van der Waals surface area (Å²) in [5, 5.41) is 10.6. The molecule has 2 aliphatic heterocycles. The molecule has 0 bridgehead atoms. The van der Waals surface area contributed by atoms with Crippen molar-refractivity contribution in [1.82, 2.24) is 14.8 Å². The number of piperidine rings is 1. The molecule has 2 aliphatic rings. The number of aromatic nitrogens is 1. The first kappa shape index (κ1) is 35.0. The van der Waals surface area contributed by atoms with Crippen molar-refractivity contribution in [2.24, 2.45) is 5.41 Å². The summed E-state index contributed by atoms with van der Waals surface area (Å²) in [5.74, 6) is -1.20. The van der Waals surface area contributed by atoms with Crippen LogP contribution in [0.5, 0.6) is 0 Å². The molecule has 0 spiro atoms. The van der Waals surface area contributed by atoms with E-state index in [1.807, 2.05) is 54.8 Å². The van der Waals surface area contributed by atoms with Crippen LogP contribution in [0, 0.1) is 25.1 Å². The van der Waals surface area contributed by atoms with Crippen molar-refractivity contribution >= 4 is 11.7 Å². The number of carboxylic acid groups (broad SMARTS) is 1. The Labute approximate surface area is 280 Å². The summed E-state index contributed by atoms with van der Waals surface area (Å²) in [5.41, 5.74) is 9.61. The van der Waals surface area contributed by atoms with Crippen LogP contribution in [0.2, 0.25) is 0 Å². The second kappa shape index (κ2) is 13.7. The van der Waals surface area contributed by atoms with Gasteiger partial charge in [0.1, 0.15) is 5.82 Å². The van der Waals surface area contributed by atoms with Gasteiger partial charge in [-0.3, -0.25) is 9.88 Å². The van der Waals surface area contributed by atoms with Gasteiger partial charge in [0.15, 0.2) is 6.10 Å². The molecule has 0 aliphatic carbocycles. The smallest absolute Gasteiger partial charge is 0.337 e. The SMILES string of the molecule is Cc1cc(F)ccc1CN1CCc2cc(-c3c(CN(C)C)nc(C)c([C@H](OC(C)(C)C)C(=O)O)c3N3CCC(C)(C)CC3)ccc2C1. The second-order valence-corrected chi connectivity index (χ2v) is 15.6. The summed E-state index contributed by atoms with van der Waals surface area (Å²) in [6.07, 6.45) is 1.78. The van der Waals surface area contributed by atoms with Gasteiger partial charge in [-0.25, -0.2) is 9.18 Å². The fourth-order valence-electron chi connectivity index (χ4n) is 7.02. The molecular weight excluding hydrogens is 591 g/mol. The van der Waals surface area contributed by atoms with E-state index in [4.69, 9.17) is 9.72 Å². The van der Waals surface area contributed by atoms with Crippen molar-refractivity contribution in [3.05, 3.63) is 81.4 Å². The molecule has 0 unspecified atom stereocenters. The number of aliphatic carboxylic acids is 1. The van der Waals surface area contributed by atoms with E-state index in [0.717, 1.165) is 85.6 Å². The molecule has 1 fully saturated rings. The molecule has 8 heteroatoms. The van der Waals surface area contributed by atoms with Crippen molar-refractivity contribution < 1.29 is 19.0 Å². The van der Waals surface area contributed by atoms with Gasteiger partial charge in [-0.1, -0.05) is 38.1 Å². The minimum atomic E-state index is -1.15. The first-order chi connectivity index (χ1) is 22.0. The number of carbonyl (C=O) groups is 1. The summed E-state index contributed by atoms with van der Waals surface area (Å²) in [6, 6.07) is 11.8. The number of benzene rings is 2. The summed E-state index contributed by atoms with van der Waals surface area (Å²) in [4.78, 5) is 25.1. The molecule has 254 valence electrons. The fraction of sp³-hybridized carbons (Fsp3) is 0.538. The minimum Gasteiger partial charge on any atom is -0.479 e. The highest BCUT2D eigenvalue weighted by molar-refractivity contribution is 5.88. The lowest BCUT2D eigenvalue weighted by Gasteiger charge is -2.41. The van der Waals surface area contributed by atoms with Gasteiger partial charge in [0.25, 0.3) is 0 Å². The van der Waals surface area contributed by atoms with Gasteiger partial charge >= 0.3 is 5.97 Å². The van der Waals surface area contributed by atoms with Gasteiger partial charge in [-0.05, 0) is 113 Å². The number of halogens is 1. The third kappa shape index (κ3) is 8.22. The Morgan fingerprint density at radius 1 is 1.06 bits per heavy atom. The first-order valence-corrected chi connectivity index (χ1v) is 16.9. The summed E-state index contributed by atoms with van der Waals surface area (Å²) >= 11 is 0. The Morgan fingerprint density at radius 2 is 1.77 bits per heavy atom. The third-order valence-electron chi connectivity index (χ3n) is 9.61. The van der Waals surface area contributed by atoms with E-state index in [1.54, 1.807) is 12.1 Å². The topological polar surface area (TPSA) is 69.1 Å². The number of fused-ring (bicyclic) bond motifs is 1. The van der Waals surface area contributed by atoms with Crippen LogP contribution in [0.3, 0.4) is 0 Å². The lowest BCUT2D eigenvalue weighted by atomic mass is 9.81. The molecule has 1 aromatic heterocycles. The van der Waals surface area contributed by atoms with Gasteiger partial charge in [0.05, 0.1) is 17.0 Å². The third-order valence-corrected chi connectivity index (χ3v) is 9.61. The highest BCUT2D eigenvalue weighted by Crippen LogP contribution is 2.45. The zero-order valence-corrected chi connectivity index (χ0v) is 29.8. The molecule has 3 aromatic rings. The molecule has 5 rings (SSSR count). The largest absolute Gasteiger partial charge is 0.479 e. The molecule has 7 nitrogen and oxygen atoms in total. The van der Waals surface area contributed by atoms with Crippen LogP contribution in [0.15, 0.2) is 36.4 Å². The van der Waals surface area contributed by atoms with E-state index in [1.165, 1.54) is 11.1 Å². The number of nitrogens with zero attached hydrogens (tertiary/aromatic N) is 4. The van der Waals surface area contributed by atoms with E-state index in [9.17, 15) is 14.3 Å². The molecule has 0 saturated carbocycles. The minimum absolute atomic E-state index is 0.197. The summed E-state index contributed by atoms with van der Waals surface area (Å²) < 4.78 is 20.0. The normalized spacial score (nSPS) is 17.6. The Morgan fingerprint density at radius 3 is 2.38 bits per heavy atom. The van der Waals surface area contributed by atoms with Crippen molar-refractivity contribution in [2.45, 2.75) is 99.1 Å². The number of pyridine rings is 1. The standard InChI is InChI=1S/C39H53FN4O3/c1-25-20-31(40)13-12-29(25)22-43-17-14-27-21-28(10-11-30(27)23-43)34-32(24-42(8)9)41-26(2)33(36(37(45)46)47-38(3,4)5)35(34)44-18-15-39(6,7)16-19-44/h10-13,20-21,36H,14-19,22-24H2,1-9H3,(H,45,46)/t36-/m0/s1. The van der Waals surface area contributed by atoms with Gasteiger partial charge < -0.3 is 19.6 Å². The monoisotopic (exact) mass is 644 g/mol. The number of anilines is 1. The first-order valence-electron chi connectivity index (χ1n) is 16.9. The van der Waals surface area contributed by atoms with Crippen LogP contribution in [0.25, 0.3) is 11.1 Å².